The zero-order chi connectivity index (χ0) is 17.1. The molecular weight excluding hydrogens is 320 g/mol. The molecule has 0 saturated carbocycles. The van der Waals surface area contributed by atoms with Gasteiger partial charge in [-0.3, -0.25) is 0 Å². The van der Waals surface area contributed by atoms with Crippen molar-refractivity contribution >= 4 is 17.3 Å². The zero-order valence-electron chi connectivity index (χ0n) is 13.4. The summed E-state index contributed by atoms with van der Waals surface area (Å²) in [5, 5.41) is 13.5. The number of hydrogen-bond acceptors (Lipinski definition) is 4. The minimum atomic E-state index is -0.418. The van der Waals surface area contributed by atoms with Crippen molar-refractivity contribution in [3.05, 3.63) is 58.5 Å². The Morgan fingerprint density at radius 3 is 2.50 bits per heavy atom. The van der Waals surface area contributed by atoms with E-state index in [1.54, 1.807) is 36.1 Å². The highest BCUT2D eigenvalue weighted by atomic mass is 32.1. The normalized spacial score (nSPS) is 10.4. The van der Waals surface area contributed by atoms with Crippen molar-refractivity contribution in [1.29, 1.82) is 5.26 Å². The predicted octanol–water partition coefficient (Wildman–Crippen LogP) is 4.47. The van der Waals surface area contributed by atoms with E-state index in [1.165, 1.54) is 0 Å². The quantitative estimate of drug-likeness (QED) is 0.661. The summed E-state index contributed by atoms with van der Waals surface area (Å²) < 4.78 is 6.80. The molecular formula is C19H16N2O2S. The summed E-state index contributed by atoms with van der Waals surface area (Å²) in [4.78, 5) is 12.3. The number of nitriles is 1. The molecule has 0 N–H and O–H groups in total. The van der Waals surface area contributed by atoms with Gasteiger partial charge >= 0.3 is 5.97 Å². The van der Waals surface area contributed by atoms with E-state index in [9.17, 15) is 10.1 Å². The summed E-state index contributed by atoms with van der Waals surface area (Å²) in [7, 11) is 1.75. The molecule has 4 nitrogen and oxygen atoms in total. The number of thiophene rings is 1. The molecule has 0 aliphatic carbocycles. The van der Waals surface area contributed by atoms with Crippen molar-refractivity contribution in [3.63, 3.8) is 0 Å². The fourth-order valence-electron chi connectivity index (χ4n) is 2.71. The molecule has 0 saturated heterocycles. The molecule has 3 aromatic rings. The SMILES string of the molecule is CCOC(=O)c1c(-c2ccc(-c3ccsc3)cc2)c(C#N)cn1C. The van der Waals surface area contributed by atoms with Crippen molar-refractivity contribution in [2.75, 3.05) is 6.61 Å². The molecule has 0 fully saturated rings. The number of ether oxygens (including phenoxy) is 1. The van der Waals surface area contributed by atoms with Crippen LogP contribution >= 0.6 is 11.3 Å². The standard InChI is InChI=1S/C19H16N2O2S/c1-3-23-19(22)18-17(16(10-20)11-21(18)2)14-6-4-13(5-7-14)15-8-9-24-12-15/h4-9,11-12H,3H2,1-2H3. The number of rotatable bonds is 4. The van der Waals surface area contributed by atoms with Crippen LogP contribution in [0.3, 0.4) is 0 Å². The van der Waals surface area contributed by atoms with Gasteiger partial charge in [0, 0.05) is 18.8 Å². The van der Waals surface area contributed by atoms with E-state index in [4.69, 9.17) is 4.74 Å². The van der Waals surface area contributed by atoms with Crippen LogP contribution in [0.15, 0.2) is 47.3 Å². The van der Waals surface area contributed by atoms with Gasteiger partial charge in [-0.05, 0) is 40.4 Å². The van der Waals surface area contributed by atoms with E-state index >= 15 is 0 Å². The lowest BCUT2D eigenvalue weighted by molar-refractivity contribution is 0.0516. The molecule has 0 spiro atoms. The first-order valence-electron chi connectivity index (χ1n) is 7.55. The first kappa shape index (κ1) is 16.0. The minimum absolute atomic E-state index is 0.294. The third-order valence-electron chi connectivity index (χ3n) is 3.80. The zero-order valence-corrected chi connectivity index (χ0v) is 14.3. The van der Waals surface area contributed by atoms with Gasteiger partial charge < -0.3 is 9.30 Å². The Balaban J connectivity index is 2.08. The smallest absolute Gasteiger partial charge is 0.355 e. The van der Waals surface area contributed by atoms with Crippen molar-refractivity contribution in [2.45, 2.75) is 6.92 Å². The van der Waals surface area contributed by atoms with Crippen LogP contribution in [-0.4, -0.2) is 17.1 Å². The number of aromatic nitrogens is 1. The van der Waals surface area contributed by atoms with Crippen LogP contribution < -0.4 is 0 Å². The van der Waals surface area contributed by atoms with Crippen LogP contribution in [0.4, 0.5) is 0 Å². The molecule has 0 aliphatic rings. The molecule has 5 heteroatoms. The first-order chi connectivity index (χ1) is 11.7. The molecule has 0 amide bonds. The molecule has 2 aromatic heterocycles. The number of carbonyl (C=O) groups is 1. The van der Waals surface area contributed by atoms with Crippen LogP contribution in [0.2, 0.25) is 0 Å². The van der Waals surface area contributed by atoms with Gasteiger partial charge in [0.15, 0.2) is 0 Å². The second-order valence-electron chi connectivity index (χ2n) is 5.30. The minimum Gasteiger partial charge on any atom is -0.461 e. The molecule has 120 valence electrons. The Kier molecular flexibility index (Phi) is 4.50. The average Bonchev–Trinajstić information content (AvgIpc) is 3.22. The Morgan fingerprint density at radius 1 is 1.21 bits per heavy atom. The summed E-state index contributed by atoms with van der Waals surface area (Å²) in [6.07, 6.45) is 1.66. The van der Waals surface area contributed by atoms with Crippen molar-refractivity contribution in [2.24, 2.45) is 7.05 Å². The largest absolute Gasteiger partial charge is 0.461 e. The Morgan fingerprint density at radius 2 is 1.92 bits per heavy atom. The van der Waals surface area contributed by atoms with E-state index in [2.05, 4.69) is 17.5 Å². The highest BCUT2D eigenvalue weighted by molar-refractivity contribution is 7.08. The monoisotopic (exact) mass is 336 g/mol. The summed E-state index contributed by atoms with van der Waals surface area (Å²) in [6, 6.07) is 12.1. The summed E-state index contributed by atoms with van der Waals surface area (Å²) in [6.45, 7) is 2.06. The molecule has 0 aliphatic heterocycles. The first-order valence-corrected chi connectivity index (χ1v) is 8.49. The lowest BCUT2D eigenvalue weighted by Crippen LogP contribution is -2.10. The van der Waals surface area contributed by atoms with E-state index in [-0.39, 0.29) is 0 Å². The number of benzene rings is 1. The van der Waals surface area contributed by atoms with Gasteiger partial charge in [-0.2, -0.15) is 16.6 Å². The number of esters is 1. The maximum absolute atomic E-state index is 12.3. The molecule has 1 aromatic carbocycles. The summed E-state index contributed by atoms with van der Waals surface area (Å²) in [5.74, 6) is -0.418. The second-order valence-corrected chi connectivity index (χ2v) is 6.08. The van der Waals surface area contributed by atoms with Crippen LogP contribution in [0.1, 0.15) is 23.0 Å². The van der Waals surface area contributed by atoms with E-state index in [1.807, 2.05) is 29.6 Å². The number of aryl methyl sites for hydroxylation is 1. The molecule has 0 unspecified atom stereocenters. The van der Waals surface area contributed by atoms with Gasteiger partial charge in [-0.1, -0.05) is 24.3 Å². The molecule has 0 bridgehead atoms. The maximum atomic E-state index is 12.3. The van der Waals surface area contributed by atoms with Crippen LogP contribution in [-0.2, 0) is 11.8 Å². The molecule has 0 atom stereocenters. The Bertz CT molecular complexity index is 900. The van der Waals surface area contributed by atoms with Crippen molar-refractivity contribution < 1.29 is 9.53 Å². The highest BCUT2D eigenvalue weighted by Gasteiger charge is 2.22. The van der Waals surface area contributed by atoms with Gasteiger partial charge in [0.05, 0.1) is 12.2 Å². The van der Waals surface area contributed by atoms with Gasteiger partial charge in [0.2, 0.25) is 0 Å². The highest BCUT2D eigenvalue weighted by Crippen LogP contribution is 2.32. The van der Waals surface area contributed by atoms with E-state index in [0.717, 1.165) is 16.7 Å². The number of nitrogens with zero attached hydrogens (tertiary/aromatic N) is 2. The van der Waals surface area contributed by atoms with Crippen molar-refractivity contribution in [1.82, 2.24) is 4.57 Å². The molecule has 0 radical (unpaired) electrons. The van der Waals surface area contributed by atoms with E-state index < -0.39 is 5.97 Å². The van der Waals surface area contributed by atoms with Gasteiger partial charge in [-0.25, -0.2) is 4.79 Å². The summed E-state index contributed by atoms with van der Waals surface area (Å²) >= 11 is 1.65. The fraction of sp³-hybridized carbons (Fsp3) is 0.158. The second kappa shape index (κ2) is 6.73. The average molecular weight is 336 g/mol. The Labute approximate surface area is 144 Å². The van der Waals surface area contributed by atoms with Gasteiger partial charge in [-0.15, -0.1) is 0 Å². The molecule has 2 heterocycles. The summed E-state index contributed by atoms with van der Waals surface area (Å²) in [5.41, 5.74) is 4.57. The van der Waals surface area contributed by atoms with Crippen molar-refractivity contribution in [3.8, 4) is 28.3 Å². The lowest BCUT2D eigenvalue weighted by Gasteiger charge is -2.08. The van der Waals surface area contributed by atoms with Crippen LogP contribution in [0.25, 0.3) is 22.3 Å². The maximum Gasteiger partial charge on any atom is 0.355 e. The lowest BCUT2D eigenvalue weighted by atomic mass is 9.99. The van der Waals surface area contributed by atoms with Gasteiger partial charge in [0.1, 0.15) is 11.8 Å². The molecule has 24 heavy (non-hydrogen) atoms. The topological polar surface area (TPSA) is 55.0 Å². The number of hydrogen-bond donors (Lipinski definition) is 0. The van der Waals surface area contributed by atoms with Gasteiger partial charge in [0.25, 0.3) is 0 Å². The molecule has 3 rings (SSSR count). The van der Waals surface area contributed by atoms with Crippen LogP contribution in [0.5, 0.6) is 0 Å². The third kappa shape index (κ3) is 2.84. The predicted molar refractivity (Wildman–Crippen MR) is 94.8 cm³/mol. The third-order valence-corrected chi connectivity index (χ3v) is 4.48. The fourth-order valence-corrected chi connectivity index (χ4v) is 3.37. The Hall–Kier alpha value is -2.84. The number of carbonyl (C=O) groups excluding carboxylic acids is 1. The van der Waals surface area contributed by atoms with Crippen LogP contribution in [0, 0.1) is 11.3 Å². The van der Waals surface area contributed by atoms with E-state index in [0.29, 0.717) is 23.4 Å².